The second-order valence-electron chi connectivity index (χ2n) is 11.7. The zero-order valence-electron chi connectivity index (χ0n) is 21.6. The van der Waals surface area contributed by atoms with Crippen molar-refractivity contribution in [3.8, 4) is 0 Å². The minimum absolute atomic E-state index is 0.142. The Bertz CT molecular complexity index is 493. The quantitative estimate of drug-likeness (QED) is 0.220. The summed E-state index contributed by atoms with van der Waals surface area (Å²) in [7, 11) is 0. The van der Waals surface area contributed by atoms with E-state index in [9.17, 15) is 4.79 Å². The Hall–Kier alpha value is -0.530. The Labute approximate surface area is 200 Å². The van der Waals surface area contributed by atoms with Crippen LogP contribution in [-0.2, 0) is 9.53 Å². The number of carbonyl (C=O) groups is 1. The molecule has 186 valence electrons. The van der Waals surface area contributed by atoms with E-state index in [0.29, 0.717) is 5.92 Å². The number of carbonyl (C=O) groups excluding carboxylic acids is 1. The van der Waals surface area contributed by atoms with Gasteiger partial charge in [0.05, 0.1) is 5.92 Å². The van der Waals surface area contributed by atoms with Crippen molar-refractivity contribution in [3.63, 3.8) is 0 Å². The standard InChI is InChI=1S/C30H54O2/c1-3-5-6-7-8-10-13-24-16-18-25(19-17-24)26-20-22-28(23-21-26)30(31)32-29(4-2)27-14-11-9-12-15-27/h24-29H,3-23H2,1-2H3. The predicted octanol–water partition coefficient (Wildman–Crippen LogP) is 9.25. The molecule has 0 amide bonds. The lowest BCUT2D eigenvalue weighted by atomic mass is 9.68. The molecule has 2 heteroatoms. The smallest absolute Gasteiger partial charge is 0.309 e. The molecular weight excluding hydrogens is 392 g/mol. The van der Waals surface area contributed by atoms with Gasteiger partial charge < -0.3 is 4.74 Å². The van der Waals surface area contributed by atoms with Crippen LogP contribution < -0.4 is 0 Å². The molecule has 0 aromatic carbocycles. The average molecular weight is 447 g/mol. The van der Waals surface area contributed by atoms with Crippen LogP contribution >= 0.6 is 0 Å². The van der Waals surface area contributed by atoms with Gasteiger partial charge in [0.15, 0.2) is 0 Å². The Kier molecular flexibility index (Phi) is 12.0. The molecule has 3 aliphatic rings. The average Bonchev–Trinajstić information content (AvgIpc) is 2.85. The molecule has 3 rings (SSSR count). The molecule has 0 aromatic rings. The fraction of sp³-hybridized carbons (Fsp3) is 0.967. The summed E-state index contributed by atoms with van der Waals surface area (Å²) in [6.45, 7) is 4.50. The van der Waals surface area contributed by atoms with Gasteiger partial charge in [0.25, 0.3) is 0 Å². The molecule has 1 atom stereocenters. The van der Waals surface area contributed by atoms with Crippen molar-refractivity contribution >= 4 is 5.97 Å². The first kappa shape index (κ1) is 26.1. The number of unbranched alkanes of at least 4 members (excludes halogenated alkanes) is 5. The van der Waals surface area contributed by atoms with Gasteiger partial charge in [0.1, 0.15) is 6.10 Å². The summed E-state index contributed by atoms with van der Waals surface area (Å²) in [4.78, 5) is 12.9. The van der Waals surface area contributed by atoms with Crippen molar-refractivity contribution in [1.29, 1.82) is 0 Å². The number of esters is 1. The van der Waals surface area contributed by atoms with Crippen molar-refractivity contribution in [1.82, 2.24) is 0 Å². The SMILES string of the molecule is CCCCCCCCC1CCC(C2CCC(C(=O)OC(CC)C3CCCCC3)CC2)CC1. The van der Waals surface area contributed by atoms with E-state index in [4.69, 9.17) is 4.74 Å². The Morgan fingerprint density at radius 2 is 1.31 bits per heavy atom. The molecule has 0 saturated heterocycles. The van der Waals surface area contributed by atoms with Gasteiger partial charge >= 0.3 is 5.97 Å². The molecule has 1 unspecified atom stereocenters. The van der Waals surface area contributed by atoms with E-state index in [0.717, 1.165) is 37.0 Å². The summed E-state index contributed by atoms with van der Waals surface area (Å²) >= 11 is 0. The van der Waals surface area contributed by atoms with Gasteiger partial charge in [0, 0.05) is 0 Å². The molecule has 0 heterocycles. The number of rotatable bonds is 12. The van der Waals surface area contributed by atoms with Crippen LogP contribution in [0.15, 0.2) is 0 Å². The van der Waals surface area contributed by atoms with Crippen LogP contribution in [0.5, 0.6) is 0 Å². The van der Waals surface area contributed by atoms with Gasteiger partial charge in [-0.15, -0.1) is 0 Å². The van der Waals surface area contributed by atoms with E-state index in [1.807, 2.05) is 0 Å². The van der Waals surface area contributed by atoms with E-state index >= 15 is 0 Å². The van der Waals surface area contributed by atoms with Crippen molar-refractivity contribution in [3.05, 3.63) is 0 Å². The van der Waals surface area contributed by atoms with Gasteiger partial charge in [-0.25, -0.2) is 0 Å². The molecule has 3 aliphatic carbocycles. The highest BCUT2D eigenvalue weighted by atomic mass is 16.5. The van der Waals surface area contributed by atoms with Crippen LogP contribution in [0.25, 0.3) is 0 Å². The van der Waals surface area contributed by atoms with Crippen molar-refractivity contribution in [2.24, 2.45) is 29.6 Å². The molecule has 0 aromatic heterocycles. The summed E-state index contributed by atoms with van der Waals surface area (Å²) in [5, 5.41) is 0. The van der Waals surface area contributed by atoms with Crippen LogP contribution in [0.3, 0.4) is 0 Å². The molecule has 3 saturated carbocycles. The van der Waals surface area contributed by atoms with Gasteiger partial charge in [-0.2, -0.15) is 0 Å². The minimum atomic E-state index is 0.142. The largest absolute Gasteiger partial charge is 0.462 e. The predicted molar refractivity (Wildman–Crippen MR) is 136 cm³/mol. The van der Waals surface area contributed by atoms with Gasteiger partial charge in [-0.1, -0.05) is 90.9 Å². The maximum Gasteiger partial charge on any atom is 0.309 e. The number of hydrogen-bond donors (Lipinski definition) is 0. The van der Waals surface area contributed by atoms with Crippen LogP contribution in [0, 0.1) is 29.6 Å². The van der Waals surface area contributed by atoms with Crippen LogP contribution in [0.4, 0.5) is 0 Å². The molecule has 3 fully saturated rings. The lowest BCUT2D eigenvalue weighted by molar-refractivity contribution is -0.159. The third-order valence-corrected chi connectivity index (χ3v) is 9.47. The molecule has 2 nitrogen and oxygen atoms in total. The summed E-state index contributed by atoms with van der Waals surface area (Å²) in [6, 6.07) is 0. The lowest BCUT2D eigenvalue weighted by Crippen LogP contribution is -2.33. The second-order valence-corrected chi connectivity index (χ2v) is 11.7. The Morgan fingerprint density at radius 1 is 0.719 bits per heavy atom. The summed E-state index contributed by atoms with van der Waals surface area (Å²) in [5.41, 5.74) is 0. The number of hydrogen-bond acceptors (Lipinski definition) is 2. The fourth-order valence-electron chi connectivity index (χ4n) is 7.25. The third kappa shape index (κ3) is 8.35. The molecule has 32 heavy (non-hydrogen) atoms. The lowest BCUT2D eigenvalue weighted by Gasteiger charge is -2.38. The number of ether oxygens (including phenoxy) is 1. The second kappa shape index (κ2) is 14.7. The summed E-state index contributed by atoms with van der Waals surface area (Å²) in [6.07, 6.45) is 28.4. The maximum atomic E-state index is 12.9. The van der Waals surface area contributed by atoms with Gasteiger partial charge in [0.2, 0.25) is 0 Å². The Morgan fingerprint density at radius 3 is 1.94 bits per heavy atom. The van der Waals surface area contributed by atoms with Crippen molar-refractivity contribution in [2.75, 3.05) is 0 Å². The topological polar surface area (TPSA) is 26.3 Å². The van der Waals surface area contributed by atoms with Crippen LogP contribution in [0.1, 0.15) is 149 Å². The van der Waals surface area contributed by atoms with E-state index < -0.39 is 0 Å². The first-order valence-corrected chi connectivity index (χ1v) is 14.9. The zero-order valence-corrected chi connectivity index (χ0v) is 21.6. The molecule has 0 bridgehead atoms. The molecule has 0 N–H and O–H groups in total. The zero-order chi connectivity index (χ0) is 22.6. The highest BCUT2D eigenvalue weighted by molar-refractivity contribution is 5.72. The van der Waals surface area contributed by atoms with Crippen LogP contribution in [0.2, 0.25) is 0 Å². The van der Waals surface area contributed by atoms with Crippen molar-refractivity contribution in [2.45, 2.75) is 155 Å². The summed E-state index contributed by atoms with van der Waals surface area (Å²) in [5.74, 6) is 3.79. The Balaban J connectivity index is 1.29. The first-order valence-electron chi connectivity index (χ1n) is 14.9. The van der Waals surface area contributed by atoms with Crippen LogP contribution in [-0.4, -0.2) is 12.1 Å². The maximum absolute atomic E-state index is 12.9. The third-order valence-electron chi connectivity index (χ3n) is 9.47. The van der Waals surface area contributed by atoms with Gasteiger partial charge in [-0.05, 0) is 81.5 Å². The van der Waals surface area contributed by atoms with Crippen molar-refractivity contribution < 1.29 is 9.53 Å². The van der Waals surface area contributed by atoms with E-state index in [1.165, 1.54) is 116 Å². The normalized spacial score (nSPS) is 30.7. The monoisotopic (exact) mass is 446 g/mol. The van der Waals surface area contributed by atoms with E-state index in [-0.39, 0.29) is 18.0 Å². The minimum Gasteiger partial charge on any atom is -0.462 e. The van der Waals surface area contributed by atoms with Gasteiger partial charge in [-0.3, -0.25) is 4.79 Å². The fourth-order valence-corrected chi connectivity index (χ4v) is 7.25. The molecule has 0 spiro atoms. The highest BCUT2D eigenvalue weighted by Gasteiger charge is 2.35. The molecule has 0 radical (unpaired) electrons. The highest BCUT2D eigenvalue weighted by Crippen LogP contribution is 2.43. The summed E-state index contributed by atoms with van der Waals surface area (Å²) < 4.78 is 6.10. The molecular formula is C30H54O2. The van der Waals surface area contributed by atoms with E-state index in [2.05, 4.69) is 13.8 Å². The molecule has 0 aliphatic heterocycles. The van der Waals surface area contributed by atoms with E-state index in [1.54, 1.807) is 0 Å². The first-order chi connectivity index (χ1) is 15.7.